The molecule has 0 aromatic heterocycles. The summed E-state index contributed by atoms with van der Waals surface area (Å²) < 4.78 is 5.28. The summed E-state index contributed by atoms with van der Waals surface area (Å²) in [6.07, 6.45) is 1.52. The van der Waals surface area contributed by atoms with Crippen LogP contribution in [0.3, 0.4) is 0 Å². The number of thioether (sulfide) groups is 1. The van der Waals surface area contributed by atoms with Gasteiger partial charge in [-0.1, -0.05) is 50.0 Å². The van der Waals surface area contributed by atoms with Crippen LogP contribution in [0.25, 0.3) is 0 Å². The highest BCUT2D eigenvalue weighted by Crippen LogP contribution is 2.36. The second kappa shape index (κ2) is 9.72. The van der Waals surface area contributed by atoms with Gasteiger partial charge in [0.15, 0.2) is 0 Å². The molecule has 1 heterocycles. The first kappa shape index (κ1) is 21.2. The van der Waals surface area contributed by atoms with Crippen molar-refractivity contribution in [1.82, 2.24) is 4.90 Å². The summed E-state index contributed by atoms with van der Waals surface area (Å²) >= 11 is 13.9. The SMILES string of the molecule is CCCOC(=O)C1CSC(CC(C)C)N1C(=O)Nc1c(Cl)cccc1Cl. The predicted molar refractivity (Wildman–Crippen MR) is 108 cm³/mol. The Bertz CT molecular complexity index is 637. The van der Waals surface area contributed by atoms with Crippen molar-refractivity contribution >= 4 is 52.7 Å². The number of esters is 1. The third kappa shape index (κ3) is 5.21. The molecule has 0 saturated carbocycles. The van der Waals surface area contributed by atoms with E-state index in [0.717, 1.165) is 12.8 Å². The van der Waals surface area contributed by atoms with Crippen LogP contribution < -0.4 is 5.32 Å². The van der Waals surface area contributed by atoms with Crippen molar-refractivity contribution in [2.75, 3.05) is 17.7 Å². The maximum absolute atomic E-state index is 13.0. The van der Waals surface area contributed by atoms with E-state index >= 15 is 0 Å². The summed E-state index contributed by atoms with van der Waals surface area (Å²) in [5, 5.41) is 3.37. The molecule has 2 unspecified atom stereocenters. The van der Waals surface area contributed by atoms with Gasteiger partial charge < -0.3 is 10.1 Å². The standard InChI is InChI=1S/C18H24Cl2N2O3S/c1-4-8-25-17(23)14-10-26-15(9-11(2)3)22(14)18(24)21-16-12(19)6-5-7-13(16)20/h5-7,11,14-15H,4,8-10H2,1-3H3,(H,21,24). The minimum Gasteiger partial charge on any atom is -0.464 e. The number of hydrogen-bond acceptors (Lipinski definition) is 4. The first-order valence-corrected chi connectivity index (χ1v) is 10.5. The molecule has 1 fully saturated rings. The van der Waals surface area contributed by atoms with Crippen LogP contribution in [0.2, 0.25) is 10.0 Å². The zero-order chi connectivity index (χ0) is 19.3. The van der Waals surface area contributed by atoms with Crippen molar-refractivity contribution in [2.45, 2.75) is 45.0 Å². The van der Waals surface area contributed by atoms with Gasteiger partial charge >= 0.3 is 12.0 Å². The van der Waals surface area contributed by atoms with Crippen molar-refractivity contribution in [2.24, 2.45) is 5.92 Å². The van der Waals surface area contributed by atoms with Gasteiger partial charge in [-0.3, -0.25) is 4.90 Å². The molecule has 0 aliphatic carbocycles. The fourth-order valence-corrected chi connectivity index (χ4v) is 4.81. The van der Waals surface area contributed by atoms with Gasteiger partial charge in [0.2, 0.25) is 0 Å². The number of para-hydroxylation sites is 1. The second-order valence-electron chi connectivity index (χ2n) is 6.53. The smallest absolute Gasteiger partial charge is 0.329 e. The molecular weight excluding hydrogens is 395 g/mol. The predicted octanol–water partition coefficient (Wildman–Crippen LogP) is 5.27. The number of halogens is 2. The highest BCUT2D eigenvalue weighted by molar-refractivity contribution is 8.00. The van der Waals surface area contributed by atoms with E-state index in [0.29, 0.717) is 34.0 Å². The zero-order valence-corrected chi connectivity index (χ0v) is 17.5. The lowest BCUT2D eigenvalue weighted by atomic mass is 10.1. The van der Waals surface area contributed by atoms with E-state index < -0.39 is 12.1 Å². The van der Waals surface area contributed by atoms with Crippen LogP contribution in [0.15, 0.2) is 18.2 Å². The van der Waals surface area contributed by atoms with Gasteiger partial charge in [0.05, 0.1) is 27.7 Å². The summed E-state index contributed by atoms with van der Waals surface area (Å²) in [7, 11) is 0. The number of hydrogen-bond donors (Lipinski definition) is 1. The maximum atomic E-state index is 13.0. The van der Waals surface area contributed by atoms with Crippen LogP contribution in [-0.4, -0.2) is 40.7 Å². The molecule has 1 aromatic carbocycles. The van der Waals surface area contributed by atoms with Gasteiger partial charge in [-0.2, -0.15) is 0 Å². The molecule has 2 atom stereocenters. The van der Waals surface area contributed by atoms with Crippen molar-refractivity contribution in [3.63, 3.8) is 0 Å². The Balaban J connectivity index is 2.22. The molecule has 8 heteroatoms. The molecule has 144 valence electrons. The molecule has 5 nitrogen and oxygen atoms in total. The number of ether oxygens (including phenoxy) is 1. The minimum absolute atomic E-state index is 0.101. The Kier molecular flexibility index (Phi) is 7.92. The molecule has 0 bridgehead atoms. The Hall–Kier alpha value is -1.11. The first-order valence-electron chi connectivity index (χ1n) is 8.66. The highest BCUT2D eigenvalue weighted by atomic mass is 35.5. The van der Waals surface area contributed by atoms with Crippen molar-refractivity contribution in [3.05, 3.63) is 28.2 Å². The van der Waals surface area contributed by atoms with E-state index in [1.54, 1.807) is 34.9 Å². The van der Waals surface area contributed by atoms with Crippen LogP contribution in [0.1, 0.15) is 33.6 Å². The fourth-order valence-electron chi connectivity index (χ4n) is 2.69. The topological polar surface area (TPSA) is 58.6 Å². The van der Waals surface area contributed by atoms with Crippen LogP contribution in [0, 0.1) is 5.92 Å². The Labute approximate surface area is 168 Å². The third-order valence-electron chi connectivity index (χ3n) is 3.92. The average Bonchev–Trinajstić information content (AvgIpc) is 2.99. The summed E-state index contributed by atoms with van der Waals surface area (Å²) in [4.78, 5) is 27.0. The molecule has 1 N–H and O–H groups in total. The number of carbonyl (C=O) groups is 2. The first-order chi connectivity index (χ1) is 12.3. The van der Waals surface area contributed by atoms with Crippen LogP contribution in [0.4, 0.5) is 10.5 Å². The molecule has 1 aliphatic heterocycles. The zero-order valence-electron chi connectivity index (χ0n) is 15.1. The van der Waals surface area contributed by atoms with Gasteiger partial charge in [0.1, 0.15) is 6.04 Å². The molecule has 1 aliphatic rings. The van der Waals surface area contributed by atoms with Crippen LogP contribution >= 0.6 is 35.0 Å². The van der Waals surface area contributed by atoms with Crippen LogP contribution in [-0.2, 0) is 9.53 Å². The van der Waals surface area contributed by atoms with Crippen molar-refractivity contribution in [3.8, 4) is 0 Å². The third-order valence-corrected chi connectivity index (χ3v) is 5.86. The number of nitrogens with one attached hydrogen (secondary N) is 1. The lowest BCUT2D eigenvalue weighted by molar-refractivity contribution is -0.147. The molecule has 2 rings (SSSR count). The molecule has 0 spiro atoms. The summed E-state index contributed by atoms with van der Waals surface area (Å²) in [5.41, 5.74) is 0.349. The van der Waals surface area contributed by atoms with Gasteiger partial charge in [-0.05, 0) is 30.9 Å². The van der Waals surface area contributed by atoms with Gasteiger partial charge in [0.25, 0.3) is 0 Å². The van der Waals surface area contributed by atoms with Gasteiger partial charge in [-0.25, -0.2) is 9.59 Å². The fraction of sp³-hybridized carbons (Fsp3) is 0.556. The van der Waals surface area contributed by atoms with Gasteiger partial charge in [-0.15, -0.1) is 11.8 Å². The van der Waals surface area contributed by atoms with E-state index in [9.17, 15) is 9.59 Å². The Morgan fingerprint density at radius 1 is 1.35 bits per heavy atom. The number of carbonyl (C=O) groups excluding carboxylic acids is 2. The number of rotatable bonds is 6. The number of amides is 2. The van der Waals surface area contributed by atoms with Gasteiger partial charge in [0, 0.05) is 5.75 Å². The Morgan fingerprint density at radius 2 is 2.00 bits per heavy atom. The Morgan fingerprint density at radius 3 is 2.58 bits per heavy atom. The largest absolute Gasteiger partial charge is 0.464 e. The molecule has 0 radical (unpaired) electrons. The molecule has 1 saturated heterocycles. The number of urea groups is 1. The van der Waals surface area contributed by atoms with E-state index in [1.807, 2.05) is 6.92 Å². The lowest BCUT2D eigenvalue weighted by Crippen LogP contribution is -2.48. The lowest BCUT2D eigenvalue weighted by Gasteiger charge is -2.29. The highest BCUT2D eigenvalue weighted by Gasteiger charge is 2.42. The minimum atomic E-state index is -0.614. The maximum Gasteiger partial charge on any atom is 0.329 e. The quantitative estimate of drug-likeness (QED) is 0.639. The van der Waals surface area contributed by atoms with Crippen molar-refractivity contribution < 1.29 is 14.3 Å². The monoisotopic (exact) mass is 418 g/mol. The summed E-state index contributed by atoms with van der Waals surface area (Å²) in [6, 6.07) is 4.00. The van der Waals surface area contributed by atoms with E-state index in [4.69, 9.17) is 27.9 Å². The number of nitrogens with zero attached hydrogens (tertiary/aromatic N) is 1. The molecular formula is C18H24Cl2N2O3S. The van der Waals surface area contributed by atoms with E-state index in [2.05, 4.69) is 19.2 Å². The van der Waals surface area contributed by atoms with Crippen LogP contribution in [0.5, 0.6) is 0 Å². The number of benzene rings is 1. The van der Waals surface area contributed by atoms with E-state index in [1.165, 1.54) is 0 Å². The normalized spacial score (nSPS) is 19.7. The van der Waals surface area contributed by atoms with E-state index in [-0.39, 0.29) is 11.3 Å². The molecule has 2 amide bonds. The molecule has 1 aromatic rings. The van der Waals surface area contributed by atoms with Crippen molar-refractivity contribution in [1.29, 1.82) is 0 Å². The second-order valence-corrected chi connectivity index (χ2v) is 8.56. The molecule has 26 heavy (non-hydrogen) atoms. The average molecular weight is 419 g/mol. The number of anilines is 1. The summed E-state index contributed by atoms with van der Waals surface area (Å²) in [6.45, 7) is 6.46. The summed E-state index contributed by atoms with van der Waals surface area (Å²) in [5.74, 6) is 0.534.